The molecule has 0 aliphatic rings. The summed E-state index contributed by atoms with van der Waals surface area (Å²) in [5.74, 6) is 0. The third-order valence-electron chi connectivity index (χ3n) is 1.47. The van der Waals surface area contributed by atoms with Gasteiger partial charge in [-0.3, -0.25) is 10.1 Å². The van der Waals surface area contributed by atoms with Crippen molar-refractivity contribution < 1.29 is 9.34 Å². The van der Waals surface area contributed by atoms with E-state index in [0.717, 1.165) is 5.56 Å². The Morgan fingerprint density at radius 2 is 2.58 bits per heavy atom. The Kier molecular flexibility index (Phi) is 2.63. The fourth-order valence-electron chi connectivity index (χ4n) is 0.833. The van der Waals surface area contributed by atoms with E-state index >= 15 is 0 Å². The van der Waals surface area contributed by atoms with Crippen molar-refractivity contribution in [3.05, 3.63) is 40.0 Å². The van der Waals surface area contributed by atoms with Gasteiger partial charge in [0.25, 0.3) is 0 Å². The Bertz CT molecular complexity index is 287. The van der Waals surface area contributed by atoms with Crippen molar-refractivity contribution in [3.63, 3.8) is 0 Å². The molecule has 1 aromatic rings. The maximum absolute atomic E-state index is 10.4. The number of rotatable bonds is 3. The average molecular weight is 167 g/mol. The average Bonchev–Trinajstić information content (AvgIpc) is 2.51. The second-order valence-electron chi connectivity index (χ2n) is 2.30. The van der Waals surface area contributed by atoms with Crippen molar-refractivity contribution >= 4 is 6.08 Å². The summed E-state index contributed by atoms with van der Waals surface area (Å²) in [5, 5.41) is 10.4. The summed E-state index contributed by atoms with van der Waals surface area (Å²) < 4.78 is 4.77. The van der Waals surface area contributed by atoms with E-state index in [2.05, 4.69) is 0 Å². The quantitative estimate of drug-likeness (QED) is 0.512. The Balaban J connectivity index is 2.85. The van der Waals surface area contributed by atoms with Crippen LogP contribution in [0.25, 0.3) is 6.08 Å². The third kappa shape index (κ3) is 1.95. The minimum atomic E-state index is -0.382. The molecule has 0 aromatic carbocycles. The van der Waals surface area contributed by atoms with E-state index in [1.807, 2.05) is 0 Å². The van der Waals surface area contributed by atoms with Crippen LogP contribution >= 0.6 is 0 Å². The molecule has 1 aromatic heterocycles. The zero-order valence-corrected chi connectivity index (χ0v) is 6.69. The highest BCUT2D eigenvalue weighted by Gasteiger charge is 2.06. The number of hydrogen-bond donors (Lipinski definition) is 0. The smallest absolute Gasteiger partial charge is 0.246 e. The van der Waals surface area contributed by atoms with Crippen LogP contribution in [0.4, 0.5) is 0 Å². The van der Waals surface area contributed by atoms with Crippen molar-refractivity contribution in [2.45, 2.75) is 13.3 Å². The molecule has 4 nitrogen and oxygen atoms in total. The first kappa shape index (κ1) is 8.52. The van der Waals surface area contributed by atoms with Crippen LogP contribution in [0, 0.1) is 10.1 Å². The van der Waals surface area contributed by atoms with Gasteiger partial charge in [0, 0.05) is 18.1 Å². The normalized spacial score (nSPS) is 11.6. The summed E-state index contributed by atoms with van der Waals surface area (Å²) >= 11 is 0. The summed E-state index contributed by atoms with van der Waals surface area (Å²) in [5.41, 5.74) is 0.917. The fraction of sp³-hybridized carbons (Fsp3) is 0.250. The Labute approximate surface area is 69.6 Å². The van der Waals surface area contributed by atoms with Crippen LogP contribution in [0.2, 0.25) is 0 Å². The topological polar surface area (TPSA) is 56.3 Å². The summed E-state index contributed by atoms with van der Waals surface area (Å²) in [6.45, 7) is 1.74. The summed E-state index contributed by atoms with van der Waals surface area (Å²) in [7, 11) is 0. The van der Waals surface area contributed by atoms with E-state index < -0.39 is 0 Å². The summed E-state index contributed by atoms with van der Waals surface area (Å²) in [6.07, 6.45) is 4.87. The van der Waals surface area contributed by atoms with Gasteiger partial charge in [0.05, 0.1) is 17.4 Å². The third-order valence-corrected chi connectivity index (χ3v) is 1.47. The molecule has 64 valence electrons. The number of allylic oxidation sites excluding steroid dienone is 1. The predicted octanol–water partition coefficient (Wildman–Crippen LogP) is 2.31. The summed E-state index contributed by atoms with van der Waals surface area (Å²) in [4.78, 5) is 9.98. The van der Waals surface area contributed by atoms with Gasteiger partial charge in [0.15, 0.2) is 0 Å². The van der Waals surface area contributed by atoms with E-state index in [1.54, 1.807) is 13.0 Å². The van der Waals surface area contributed by atoms with Crippen LogP contribution < -0.4 is 0 Å². The molecule has 0 unspecified atom stereocenters. The number of furan rings is 1. The first-order valence-electron chi connectivity index (χ1n) is 3.61. The number of hydrogen-bond acceptors (Lipinski definition) is 3. The number of nitro groups is 1. The molecule has 0 radical (unpaired) electrons. The Morgan fingerprint density at radius 3 is 3.00 bits per heavy atom. The monoisotopic (exact) mass is 167 g/mol. The molecule has 0 N–H and O–H groups in total. The lowest BCUT2D eigenvalue weighted by atomic mass is 10.2. The highest BCUT2D eigenvalue weighted by Crippen LogP contribution is 2.10. The van der Waals surface area contributed by atoms with Gasteiger partial charge in [0.2, 0.25) is 5.70 Å². The van der Waals surface area contributed by atoms with Crippen LogP contribution in [0.1, 0.15) is 18.9 Å². The van der Waals surface area contributed by atoms with Crippen LogP contribution in [-0.4, -0.2) is 4.92 Å². The van der Waals surface area contributed by atoms with Gasteiger partial charge in [-0.15, -0.1) is 0 Å². The van der Waals surface area contributed by atoms with Gasteiger partial charge >= 0.3 is 0 Å². The second kappa shape index (κ2) is 3.71. The summed E-state index contributed by atoms with van der Waals surface area (Å²) in [6, 6.07) is 1.68. The fourth-order valence-corrected chi connectivity index (χ4v) is 0.833. The molecule has 0 amide bonds. The molecule has 0 atom stereocenters. The van der Waals surface area contributed by atoms with Gasteiger partial charge in [-0.05, 0) is 6.07 Å². The molecular weight excluding hydrogens is 158 g/mol. The van der Waals surface area contributed by atoms with E-state index in [0.29, 0.717) is 6.42 Å². The van der Waals surface area contributed by atoms with Crippen LogP contribution in [0.3, 0.4) is 0 Å². The lowest BCUT2D eigenvalue weighted by Crippen LogP contribution is -1.95. The Morgan fingerprint density at radius 1 is 1.83 bits per heavy atom. The maximum Gasteiger partial charge on any atom is 0.246 e. The van der Waals surface area contributed by atoms with Crippen molar-refractivity contribution in [1.82, 2.24) is 0 Å². The van der Waals surface area contributed by atoms with E-state index in [1.165, 1.54) is 18.6 Å². The molecule has 1 rings (SSSR count). The first-order valence-corrected chi connectivity index (χ1v) is 3.61. The second-order valence-corrected chi connectivity index (χ2v) is 2.30. The zero-order chi connectivity index (χ0) is 8.97. The van der Waals surface area contributed by atoms with Crippen molar-refractivity contribution in [1.29, 1.82) is 0 Å². The molecule has 0 aliphatic carbocycles. The molecule has 0 saturated heterocycles. The molecular formula is C8H9NO3. The van der Waals surface area contributed by atoms with Gasteiger partial charge in [-0.1, -0.05) is 6.92 Å². The largest absolute Gasteiger partial charge is 0.472 e. The lowest BCUT2D eigenvalue weighted by molar-refractivity contribution is -0.425. The van der Waals surface area contributed by atoms with Gasteiger partial charge in [-0.25, -0.2) is 0 Å². The minimum Gasteiger partial charge on any atom is -0.472 e. The maximum atomic E-state index is 10.4. The van der Waals surface area contributed by atoms with Crippen LogP contribution in [-0.2, 0) is 0 Å². The molecule has 0 aliphatic heterocycles. The van der Waals surface area contributed by atoms with E-state index in [9.17, 15) is 10.1 Å². The molecule has 12 heavy (non-hydrogen) atoms. The Hall–Kier alpha value is -1.58. The van der Waals surface area contributed by atoms with Crippen molar-refractivity contribution in [2.24, 2.45) is 0 Å². The predicted molar refractivity (Wildman–Crippen MR) is 44.0 cm³/mol. The van der Waals surface area contributed by atoms with E-state index in [4.69, 9.17) is 4.42 Å². The highest BCUT2D eigenvalue weighted by atomic mass is 16.6. The molecule has 0 saturated carbocycles. The van der Waals surface area contributed by atoms with Gasteiger partial charge in [-0.2, -0.15) is 0 Å². The first-order chi connectivity index (χ1) is 5.74. The van der Waals surface area contributed by atoms with Crippen LogP contribution in [0.5, 0.6) is 0 Å². The molecule has 0 fully saturated rings. The van der Waals surface area contributed by atoms with Crippen LogP contribution in [0.15, 0.2) is 28.7 Å². The van der Waals surface area contributed by atoms with Crippen molar-refractivity contribution in [2.75, 3.05) is 0 Å². The molecule has 0 bridgehead atoms. The number of nitrogens with zero attached hydrogens (tertiary/aromatic N) is 1. The molecule has 0 spiro atoms. The van der Waals surface area contributed by atoms with Gasteiger partial charge < -0.3 is 4.42 Å². The molecule has 1 heterocycles. The van der Waals surface area contributed by atoms with E-state index in [-0.39, 0.29) is 10.6 Å². The zero-order valence-electron chi connectivity index (χ0n) is 6.69. The minimum absolute atomic E-state index is 0.191. The molecule has 4 heteroatoms. The van der Waals surface area contributed by atoms with Gasteiger partial charge in [0.1, 0.15) is 0 Å². The SMILES string of the molecule is CCC(=Cc1ccoc1)[N+](=O)[O-]. The lowest BCUT2D eigenvalue weighted by Gasteiger charge is -1.90. The van der Waals surface area contributed by atoms with Crippen molar-refractivity contribution in [3.8, 4) is 0 Å². The standard InChI is InChI=1S/C8H9NO3/c1-2-8(9(10)11)5-7-3-4-12-6-7/h3-6H,2H2,1H3. The highest BCUT2D eigenvalue weighted by molar-refractivity contribution is 5.48.